The van der Waals surface area contributed by atoms with Gasteiger partial charge in [0.15, 0.2) is 5.78 Å². The molecule has 16 heavy (non-hydrogen) atoms. The topological polar surface area (TPSA) is 30.0 Å². The number of benzene rings is 1. The van der Waals surface area contributed by atoms with E-state index in [9.17, 15) is 9.18 Å². The summed E-state index contributed by atoms with van der Waals surface area (Å²) in [5, 5.41) is 0. The molecule has 0 spiro atoms. The number of rotatable bonds is 2. The number of halogens is 1. The molecule has 0 saturated carbocycles. The molecule has 2 rings (SSSR count). The molecule has 2 aromatic rings. The van der Waals surface area contributed by atoms with Crippen LogP contribution >= 0.6 is 0 Å². The van der Waals surface area contributed by atoms with E-state index < -0.39 is 5.82 Å². The van der Waals surface area contributed by atoms with Crippen LogP contribution in [0.4, 0.5) is 4.39 Å². The van der Waals surface area contributed by atoms with Gasteiger partial charge in [-0.05, 0) is 30.7 Å². The molecule has 0 fully saturated rings. The number of hydrogen-bond acceptors (Lipinski definition) is 2. The first-order valence-corrected chi connectivity index (χ1v) is 4.90. The maximum atomic E-state index is 13.5. The van der Waals surface area contributed by atoms with Crippen molar-refractivity contribution in [2.24, 2.45) is 0 Å². The van der Waals surface area contributed by atoms with Crippen molar-refractivity contribution in [3.63, 3.8) is 0 Å². The maximum Gasteiger partial charge on any atom is 0.197 e. The number of pyridine rings is 1. The largest absolute Gasteiger partial charge is 0.288 e. The molecule has 1 heterocycles. The second kappa shape index (κ2) is 4.23. The average molecular weight is 215 g/mol. The van der Waals surface area contributed by atoms with Crippen molar-refractivity contribution in [2.75, 3.05) is 0 Å². The predicted molar refractivity (Wildman–Crippen MR) is 58.8 cm³/mol. The first-order valence-electron chi connectivity index (χ1n) is 4.90. The van der Waals surface area contributed by atoms with E-state index in [2.05, 4.69) is 4.98 Å². The summed E-state index contributed by atoms with van der Waals surface area (Å²) in [5.41, 5.74) is 1.15. The molecule has 0 atom stereocenters. The highest BCUT2D eigenvalue weighted by Crippen LogP contribution is 2.16. The van der Waals surface area contributed by atoms with Crippen LogP contribution in [0.3, 0.4) is 0 Å². The third-order valence-corrected chi connectivity index (χ3v) is 2.37. The first kappa shape index (κ1) is 10.5. The van der Waals surface area contributed by atoms with E-state index >= 15 is 0 Å². The summed E-state index contributed by atoms with van der Waals surface area (Å²) < 4.78 is 13.5. The molecule has 0 aliphatic carbocycles. The fourth-order valence-corrected chi connectivity index (χ4v) is 1.56. The van der Waals surface area contributed by atoms with Gasteiger partial charge in [-0.1, -0.05) is 12.1 Å². The SMILES string of the molecule is Cc1cccc(F)c1C(=O)c1cccnc1. The zero-order chi connectivity index (χ0) is 11.5. The van der Waals surface area contributed by atoms with Crippen molar-refractivity contribution in [1.29, 1.82) is 0 Å². The molecule has 0 aliphatic rings. The summed E-state index contributed by atoms with van der Waals surface area (Å²) in [6, 6.07) is 7.87. The zero-order valence-corrected chi connectivity index (χ0v) is 8.77. The van der Waals surface area contributed by atoms with Crippen LogP contribution in [0.2, 0.25) is 0 Å². The molecule has 2 nitrogen and oxygen atoms in total. The Morgan fingerprint density at radius 3 is 2.69 bits per heavy atom. The quantitative estimate of drug-likeness (QED) is 0.721. The Morgan fingerprint density at radius 2 is 2.06 bits per heavy atom. The van der Waals surface area contributed by atoms with Gasteiger partial charge in [-0.2, -0.15) is 0 Å². The van der Waals surface area contributed by atoms with E-state index in [1.54, 1.807) is 37.4 Å². The van der Waals surface area contributed by atoms with Gasteiger partial charge in [0.1, 0.15) is 5.82 Å². The summed E-state index contributed by atoms with van der Waals surface area (Å²) >= 11 is 0. The Balaban J connectivity index is 2.50. The molecule has 1 aromatic heterocycles. The van der Waals surface area contributed by atoms with Crippen molar-refractivity contribution in [3.8, 4) is 0 Å². The van der Waals surface area contributed by atoms with Crippen LogP contribution in [0, 0.1) is 12.7 Å². The molecule has 0 unspecified atom stereocenters. The van der Waals surface area contributed by atoms with E-state index in [-0.39, 0.29) is 11.3 Å². The number of carbonyl (C=O) groups is 1. The second-order valence-electron chi connectivity index (χ2n) is 3.50. The van der Waals surface area contributed by atoms with Gasteiger partial charge in [0.05, 0.1) is 5.56 Å². The fraction of sp³-hybridized carbons (Fsp3) is 0.0769. The highest BCUT2D eigenvalue weighted by Gasteiger charge is 2.15. The summed E-state index contributed by atoms with van der Waals surface area (Å²) in [6.07, 6.45) is 3.01. The lowest BCUT2D eigenvalue weighted by Gasteiger charge is -2.05. The van der Waals surface area contributed by atoms with Crippen molar-refractivity contribution < 1.29 is 9.18 Å². The Labute approximate surface area is 92.8 Å². The maximum absolute atomic E-state index is 13.5. The van der Waals surface area contributed by atoms with Gasteiger partial charge in [-0.15, -0.1) is 0 Å². The number of hydrogen-bond donors (Lipinski definition) is 0. The molecule has 0 radical (unpaired) electrons. The highest BCUT2D eigenvalue weighted by molar-refractivity contribution is 6.09. The van der Waals surface area contributed by atoms with E-state index in [0.717, 1.165) is 0 Å². The van der Waals surface area contributed by atoms with Gasteiger partial charge >= 0.3 is 0 Å². The van der Waals surface area contributed by atoms with Gasteiger partial charge in [-0.3, -0.25) is 9.78 Å². The molecule has 0 N–H and O–H groups in total. The van der Waals surface area contributed by atoms with Crippen LogP contribution in [0.1, 0.15) is 21.5 Å². The van der Waals surface area contributed by atoms with Crippen LogP contribution in [0.25, 0.3) is 0 Å². The van der Waals surface area contributed by atoms with E-state index in [1.165, 1.54) is 12.3 Å². The molecule has 80 valence electrons. The summed E-state index contributed by atoms with van der Waals surface area (Å²) in [7, 11) is 0. The minimum absolute atomic E-state index is 0.121. The van der Waals surface area contributed by atoms with E-state index in [4.69, 9.17) is 0 Å². The van der Waals surface area contributed by atoms with Crippen LogP contribution in [0.5, 0.6) is 0 Å². The van der Waals surface area contributed by atoms with Gasteiger partial charge < -0.3 is 0 Å². The fourth-order valence-electron chi connectivity index (χ4n) is 1.56. The summed E-state index contributed by atoms with van der Waals surface area (Å²) in [4.78, 5) is 15.9. The standard InChI is InChI=1S/C13H10FNO/c1-9-4-2-6-11(14)12(9)13(16)10-5-3-7-15-8-10/h2-8H,1H3. The van der Waals surface area contributed by atoms with Gasteiger partial charge in [0.2, 0.25) is 0 Å². The summed E-state index contributed by atoms with van der Waals surface area (Å²) in [5.74, 6) is -0.822. The Morgan fingerprint density at radius 1 is 1.25 bits per heavy atom. The van der Waals surface area contributed by atoms with E-state index in [0.29, 0.717) is 11.1 Å². The summed E-state index contributed by atoms with van der Waals surface area (Å²) in [6.45, 7) is 1.71. The van der Waals surface area contributed by atoms with Crippen molar-refractivity contribution in [2.45, 2.75) is 6.92 Å². The van der Waals surface area contributed by atoms with Crippen LogP contribution < -0.4 is 0 Å². The smallest absolute Gasteiger partial charge is 0.197 e. The lowest BCUT2D eigenvalue weighted by atomic mass is 10.00. The molecule has 0 amide bonds. The van der Waals surface area contributed by atoms with Gasteiger partial charge in [-0.25, -0.2) is 4.39 Å². The molecule has 3 heteroatoms. The third kappa shape index (κ3) is 1.84. The Hall–Kier alpha value is -2.03. The molecule has 0 aliphatic heterocycles. The second-order valence-corrected chi connectivity index (χ2v) is 3.50. The molecular formula is C13H10FNO. The first-order chi connectivity index (χ1) is 7.70. The van der Waals surface area contributed by atoms with Crippen molar-refractivity contribution in [1.82, 2.24) is 4.98 Å². The van der Waals surface area contributed by atoms with Gasteiger partial charge in [0.25, 0.3) is 0 Å². The number of nitrogens with zero attached hydrogens (tertiary/aromatic N) is 1. The molecule has 1 aromatic carbocycles. The Kier molecular flexibility index (Phi) is 2.77. The van der Waals surface area contributed by atoms with Gasteiger partial charge in [0, 0.05) is 18.0 Å². The zero-order valence-electron chi connectivity index (χ0n) is 8.77. The average Bonchev–Trinajstić information content (AvgIpc) is 2.30. The van der Waals surface area contributed by atoms with Crippen molar-refractivity contribution in [3.05, 3.63) is 65.2 Å². The Bertz CT molecular complexity index is 502. The predicted octanol–water partition coefficient (Wildman–Crippen LogP) is 2.76. The lowest BCUT2D eigenvalue weighted by Crippen LogP contribution is -2.06. The lowest BCUT2D eigenvalue weighted by molar-refractivity contribution is 0.103. The minimum Gasteiger partial charge on any atom is -0.288 e. The van der Waals surface area contributed by atoms with Crippen molar-refractivity contribution >= 4 is 5.78 Å². The highest BCUT2D eigenvalue weighted by atomic mass is 19.1. The van der Waals surface area contributed by atoms with Crippen LogP contribution in [-0.2, 0) is 0 Å². The normalized spacial score (nSPS) is 10.1. The number of carbonyl (C=O) groups excluding carboxylic acids is 1. The molecule has 0 bridgehead atoms. The molecular weight excluding hydrogens is 205 g/mol. The minimum atomic E-state index is -0.492. The monoisotopic (exact) mass is 215 g/mol. The third-order valence-electron chi connectivity index (χ3n) is 2.37. The number of ketones is 1. The molecule has 0 saturated heterocycles. The number of aryl methyl sites for hydroxylation is 1. The van der Waals surface area contributed by atoms with E-state index in [1.807, 2.05) is 0 Å². The number of aromatic nitrogens is 1. The van der Waals surface area contributed by atoms with Crippen LogP contribution in [0.15, 0.2) is 42.7 Å². The van der Waals surface area contributed by atoms with Crippen LogP contribution in [-0.4, -0.2) is 10.8 Å².